The molecule has 2 aromatic rings. The Morgan fingerprint density at radius 1 is 1.07 bits per heavy atom. The van der Waals surface area contributed by atoms with Crippen LogP contribution in [0.25, 0.3) is 6.08 Å². The Morgan fingerprint density at radius 3 is 2.25 bits per heavy atom. The molecule has 28 heavy (non-hydrogen) atoms. The van der Waals surface area contributed by atoms with Gasteiger partial charge in [0, 0.05) is 6.92 Å². The summed E-state index contributed by atoms with van der Waals surface area (Å²) in [5, 5.41) is 12.4. The summed E-state index contributed by atoms with van der Waals surface area (Å²) in [4.78, 5) is 23.5. The van der Waals surface area contributed by atoms with Crippen LogP contribution in [0.5, 0.6) is 23.0 Å². The van der Waals surface area contributed by atoms with Crippen LogP contribution in [0, 0.1) is 0 Å². The number of carbonyl (C=O) groups excluding carboxylic acids is 1. The van der Waals surface area contributed by atoms with Gasteiger partial charge in [-0.05, 0) is 35.4 Å². The monoisotopic (exact) mass is 385 g/mol. The van der Waals surface area contributed by atoms with Crippen LogP contribution in [0.2, 0.25) is 0 Å². The standard InChI is InChI=1S/C21H23NO6/c1-13(23)22-16(15-6-5-7-17(24)18(25)12-15)9-8-14-10-19(26-2)21(28-4)20(11-14)27-3/h5-12,16H,1-4H3,(H,22,23)(H,24,25)/b9-8-/t16-/m0/s1. The van der Waals surface area contributed by atoms with Crippen molar-refractivity contribution in [2.75, 3.05) is 21.3 Å². The van der Waals surface area contributed by atoms with Crippen LogP contribution in [-0.4, -0.2) is 32.3 Å². The fraction of sp³-hybridized carbons (Fsp3) is 0.238. The smallest absolute Gasteiger partial charge is 0.220 e. The van der Waals surface area contributed by atoms with Gasteiger partial charge in [0.25, 0.3) is 0 Å². The number of amides is 1. The lowest BCUT2D eigenvalue weighted by Gasteiger charge is -2.15. The Bertz CT molecular complexity index is 913. The lowest BCUT2D eigenvalue weighted by Crippen LogP contribution is -2.24. The molecule has 0 fully saturated rings. The summed E-state index contributed by atoms with van der Waals surface area (Å²) in [5.74, 6) is 0.845. The van der Waals surface area contributed by atoms with E-state index in [-0.39, 0.29) is 11.7 Å². The summed E-state index contributed by atoms with van der Waals surface area (Å²) in [6.07, 6.45) is 3.50. The molecular formula is C21H23NO6. The fourth-order valence-electron chi connectivity index (χ4n) is 2.67. The molecule has 7 nitrogen and oxygen atoms in total. The minimum atomic E-state index is -0.573. The lowest BCUT2D eigenvalue weighted by atomic mass is 10.1. The van der Waals surface area contributed by atoms with E-state index in [1.165, 1.54) is 40.4 Å². The summed E-state index contributed by atoms with van der Waals surface area (Å²) in [7, 11) is 4.57. The van der Waals surface area contributed by atoms with Crippen molar-refractivity contribution in [3.8, 4) is 23.0 Å². The van der Waals surface area contributed by atoms with Gasteiger partial charge in [-0.1, -0.05) is 24.3 Å². The molecule has 0 aliphatic rings. The topological polar surface area (TPSA) is 94.1 Å². The van der Waals surface area contributed by atoms with E-state index < -0.39 is 11.5 Å². The second-order valence-electron chi connectivity index (χ2n) is 5.92. The molecule has 2 aromatic carbocycles. The summed E-state index contributed by atoms with van der Waals surface area (Å²) in [6.45, 7) is 1.39. The van der Waals surface area contributed by atoms with Gasteiger partial charge in [0.2, 0.25) is 17.1 Å². The third-order valence-corrected chi connectivity index (χ3v) is 3.98. The van der Waals surface area contributed by atoms with E-state index in [1.54, 1.807) is 36.4 Å². The number of carbonyl (C=O) groups is 1. The molecule has 0 saturated heterocycles. The molecule has 0 spiro atoms. The molecule has 0 radical (unpaired) electrons. The summed E-state index contributed by atoms with van der Waals surface area (Å²) in [5.41, 5.74) is 0.746. The fourth-order valence-corrected chi connectivity index (χ4v) is 2.67. The van der Waals surface area contributed by atoms with E-state index in [1.807, 2.05) is 0 Å². The molecule has 0 aromatic heterocycles. The number of rotatable bonds is 7. The number of ether oxygens (including phenoxy) is 3. The van der Waals surface area contributed by atoms with Gasteiger partial charge < -0.3 is 24.6 Å². The zero-order chi connectivity index (χ0) is 20.7. The maximum Gasteiger partial charge on any atom is 0.220 e. The molecular weight excluding hydrogens is 362 g/mol. The van der Waals surface area contributed by atoms with E-state index in [2.05, 4.69) is 5.32 Å². The normalized spacial score (nSPS) is 11.7. The molecule has 148 valence electrons. The quantitative estimate of drug-likeness (QED) is 0.761. The van der Waals surface area contributed by atoms with Crippen LogP contribution < -0.4 is 25.0 Å². The summed E-state index contributed by atoms with van der Waals surface area (Å²) >= 11 is 0. The number of aromatic hydroxyl groups is 1. The van der Waals surface area contributed by atoms with Crippen LogP contribution in [-0.2, 0) is 4.79 Å². The average molecular weight is 385 g/mol. The Morgan fingerprint density at radius 2 is 1.71 bits per heavy atom. The molecule has 0 aliphatic carbocycles. The Balaban J connectivity index is 2.47. The van der Waals surface area contributed by atoms with Crippen LogP contribution in [0.1, 0.15) is 24.1 Å². The highest BCUT2D eigenvalue weighted by atomic mass is 16.5. The largest absolute Gasteiger partial charge is 0.504 e. The molecule has 0 bridgehead atoms. The Kier molecular flexibility index (Phi) is 7.03. The van der Waals surface area contributed by atoms with Gasteiger partial charge in [0.15, 0.2) is 17.2 Å². The highest BCUT2D eigenvalue weighted by Gasteiger charge is 2.14. The van der Waals surface area contributed by atoms with Crippen molar-refractivity contribution in [3.05, 3.63) is 63.8 Å². The van der Waals surface area contributed by atoms with Crippen LogP contribution in [0.15, 0.2) is 47.3 Å². The maximum absolute atomic E-state index is 11.9. The first-order chi connectivity index (χ1) is 13.4. The Labute approximate surface area is 163 Å². The van der Waals surface area contributed by atoms with Crippen molar-refractivity contribution in [2.24, 2.45) is 0 Å². The van der Waals surface area contributed by atoms with Crippen LogP contribution in [0.4, 0.5) is 0 Å². The van der Waals surface area contributed by atoms with Crippen molar-refractivity contribution < 1.29 is 24.1 Å². The first-order valence-electron chi connectivity index (χ1n) is 8.48. The second-order valence-corrected chi connectivity index (χ2v) is 5.92. The first kappa shape index (κ1) is 20.8. The van der Waals surface area contributed by atoms with Gasteiger partial charge in [-0.2, -0.15) is 0 Å². The zero-order valence-corrected chi connectivity index (χ0v) is 16.2. The number of methoxy groups -OCH3 is 3. The van der Waals surface area contributed by atoms with E-state index in [0.717, 1.165) is 5.56 Å². The molecule has 1 atom stereocenters. The van der Waals surface area contributed by atoms with E-state index >= 15 is 0 Å². The summed E-state index contributed by atoms with van der Waals surface area (Å²) in [6, 6.07) is 8.75. The Hall–Kier alpha value is -3.48. The molecule has 0 saturated carbocycles. The van der Waals surface area contributed by atoms with Crippen molar-refractivity contribution in [2.45, 2.75) is 13.0 Å². The second kappa shape index (κ2) is 9.45. The van der Waals surface area contributed by atoms with Gasteiger partial charge in [0.05, 0.1) is 27.4 Å². The highest BCUT2D eigenvalue weighted by Crippen LogP contribution is 2.38. The highest BCUT2D eigenvalue weighted by molar-refractivity contribution is 5.74. The average Bonchev–Trinajstić information content (AvgIpc) is 2.84. The van der Waals surface area contributed by atoms with Crippen molar-refractivity contribution in [1.29, 1.82) is 0 Å². The van der Waals surface area contributed by atoms with E-state index in [4.69, 9.17) is 14.2 Å². The number of nitrogens with one attached hydrogen (secondary N) is 1. The zero-order valence-electron chi connectivity index (χ0n) is 16.2. The molecule has 0 unspecified atom stereocenters. The molecule has 0 heterocycles. The molecule has 7 heteroatoms. The summed E-state index contributed by atoms with van der Waals surface area (Å²) < 4.78 is 16.0. The lowest BCUT2D eigenvalue weighted by molar-refractivity contribution is -0.119. The predicted octanol–water partition coefficient (Wildman–Crippen LogP) is 2.67. The van der Waals surface area contributed by atoms with Crippen LogP contribution in [0.3, 0.4) is 0 Å². The van der Waals surface area contributed by atoms with Crippen molar-refractivity contribution in [1.82, 2.24) is 5.32 Å². The molecule has 0 aliphatic heterocycles. The number of benzene rings is 1. The van der Waals surface area contributed by atoms with Gasteiger partial charge in [-0.25, -0.2) is 0 Å². The van der Waals surface area contributed by atoms with Gasteiger partial charge in [-0.3, -0.25) is 9.59 Å². The van der Waals surface area contributed by atoms with Crippen molar-refractivity contribution >= 4 is 12.0 Å². The van der Waals surface area contributed by atoms with Crippen molar-refractivity contribution in [3.63, 3.8) is 0 Å². The SMILES string of the molecule is COc1cc(/C=C\[C@H](NC(C)=O)c2cccc(O)c(=O)c2)cc(OC)c1OC. The predicted molar refractivity (Wildman–Crippen MR) is 106 cm³/mol. The number of hydrogen-bond acceptors (Lipinski definition) is 6. The van der Waals surface area contributed by atoms with Gasteiger partial charge in [0.1, 0.15) is 0 Å². The minimum Gasteiger partial charge on any atom is -0.504 e. The third-order valence-electron chi connectivity index (χ3n) is 3.98. The van der Waals surface area contributed by atoms with E-state index in [9.17, 15) is 14.7 Å². The molecule has 2 rings (SSSR count). The van der Waals surface area contributed by atoms with Gasteiger partial charge >= 0.3 is 0 Å². The van der Waals surface area contributed by atoms with Crippen LogP contribution >= 0.6 is 0 Å². The number of hydrogen-bond donors (Lipinski definition) is 2. The molecule has 1 amide bonds. The van der Waals surface area contributed by atoms with Gasteiger partial charge in [-0.15, -0.1) is 0 Å². The third kappa shape index (κ3) is 5.03. The molecule has 2 N–H and O–H groups in total. The first-order valence-corrected chi connectivity index (χ1v) is 8.48. The maximum atomic E-state index is 11.9. The minimum absolute atomic E-state index is 0.261. The van der Waals surface area contributed by atoms with E-state index in [0.29, 0.717) is 22.8 Å².